The predicted octanol–water partition coefficient (Wildman–Crippen LogP) is 2.04. The molecule has 2 aliphatic rings. The van der Waals surface area contributed by atoms with Gasteiger partial charge in [-0.05, 0) is 31.6 Å². The molecule has 0 radical (unpaired) electrons. The van der Waals surface area contributed by atoms with Crippen molar-refractivity contribution < 1.29 is 4.79 Å². The van der Waals surface area contributed by atoms with Gasteiger partial charge in [-0.3, -0.25) is 4.79 Å². The van der Waals surface area contributed by atoms with Crippen LogP contribution in [-0.2, 0) is 4.79 Å². The third-order valence-electron chi connectivity index (χ3n) is 3.28. The fourth-order valence-corrected chi connectivity index (χ4v) is 2.32. The van der Waals surface area contributed by atoms with Crippen molar-refractivity contribution in [2.45, 2.75) is 45.6 Å². The number of carbonyl (C=O) groups is 1. The molecule has 1 unspecified atom stereocenters. The Balaban J connectivity index is 1.99. The lowest BCUT2D eigenvalue weighted by Crippen LogP contribution is -2.39. The lowest BCUT2D eigenvalue weighted by Gasteiger charge is -2.27. The Morgan fingerprint density at radius 2 is 2.00 bits per heavy atom. The molecule has 0 N–H and O–H groups in total. The van der Waals surface area contributed by atoms with Gasteiger partial charge in [0.2, 0.25) is 5.91 Å². The molecule has 13 heavy (non-hydrogen) atoms. The third-order valence-corrected chi connectivity index (χ3v) is 3.28. The van der Waals surface area contributed by atoms with Crippen LogP contribution in [0.2, 0.25) is 0 Å². The van der Waals surface area contributed by atoms with Crippen LogP contribution in [0.25, 0.3) is 0 Å². The highest BCUT2D eigenvalue weighted by atomic mass is 16.2. The quantitative estimate of drug-likeness (QED) is 0.638. The van der Waals surface area contributed by atoms with E-state index >= 15 is 0 Å². The summed E-state index contributed by atoms with van der Waals surface area (Å²) in [5.41, 5.74) is 0. The minimum Gasteiger partial charge on any atom is -0.339 e. The highest BCUT2D eigenvalue weighted by Gasteiger charge is 2.38. The minimum absolute atomic E-state index is 0.402. The molecule has 74 valence electrons. The van der Waals surface area contributed by atoms with E-state index in [1.165, 1.54) is 12.8 Å². The van der Waals surface area contributed by atoms with E-state index in [-0.39, 0.29) is 0 Å². The molecule has 1 aliphatic heterocycles. The topological polar surface area (TPSA) is 20.3 Å². The summed E-state index contributed by atoms with van der Waals surface area (Å²) in [6, 6.07) is 0.535. The summed E-state index contributed by atoms with van der Waals surface area (Å²) in [7, 11) is 0. The Bertz CT molecular complexity index is 208. The second kappa shape index (κ2) is 3.32. The van der Waals surface area contributed by atoms with Crippen LogP contribution in [0.5, 0.6) is 0 Å². The number of rotatable bonds is 2. The summed E-state index contributed by atoms with van der Waals surface area (Å²) >= 11 is 0. The molecule has 1 saturated carbocycles. The van der Waals surface area contributed by atoms with Gasteiger partial charge in [-0.2, -0.15) is 0 Å². The van der Waals surface area contributed by atoms with Gasteiger partial charge < -0.3 is 4.90 Å². The zero-order valence-electron chi connectivity index (χ0n) is 8.62. The molecule has 2 nitrogen and oxygen atoms in total. The van der Waals surface area contributed by atoms with Gasteiger partial charge in [0.25, 0.3) is 0 Å². The van der Waals surface area contributed by atoms with Crippen LogP contribution >= 0.6 is 0 Å². The maximum Gasteiger partial charge on any atom is 0.225 e. The molecular weight excluding hydrogens is 162 g/mol. The largest absolute Gasteiger partial charge is 0.339 e. The highest BCUT2D eigenvalue weighted by Crippen LogP contribution is 2.34. The summed E-state index contributed by atoms with van der Waals surface area (Å²) in [4.78, 5) is 14.0. The first-order valence-electron chi connectivity index (χ1n) is 5.50. The van der Waals surface area contributed by atoms with Crippen LogP contribution < -0.4 is 0 Å². The van der Waals surface area contributed by atoms with E-state index in [0.717, 1.165) is 19.4 Å². The van der Waals surface area contributed by atoms with Gasteiger partial charge in [-0.15, -0.1) is 0 Å². The van der Waals surface area contributed by atoms with E-state index in [0.29, 0.717) is 23.8 Å². The summed E-state index contributed by atoms with van der Waals surface area (Å²) in [6.45, 7) is 5.46. The van der Waals surface area contributed by atoms with Crippen LogP contribution in [0.4, 0.5) is 0 Å². The highest BCUT2D eigenvalue weighted by molar-refractivity contribution is 5.81. The van der Waals surface area contributed by atoms with Crippen molar-refractivity contribution in [3.8, 4) is 0 Å². The lowest BCUT2D eigenvalue weighted by atomic mass is 10.0. The first kappa shape index (κ1) is 9.04. The summed E-state index contributed by atoms with van der Waals surface area (Å²) < 4.78 is 0. The van der Waals surface area contributed by atoms with Crippen LogP contribution in [0.1, 0.15) is 39.5 Å². The normalized spacial score (nSPS) is 28.5. The summed E-state index contributed by atoms with van der Waals surface area (Å²) in [5, 5.41) is 0. The molecule has 2 rings (SSSR count). The van der Waals surface area contributed by atoms with E-state index in [2.05, 4.69) is 18.7 Å². The van der Waals surface area contributed by atoms with E-state index in [1.807, 2.05) is 0 Å². The molecule has 1 aliphatic carbocycles. The van der Waals surface area contributed by atoms with Gasteiger partial charge in [0.1, 0.15) is 0 Å². The maximum absolute atomic E-state index is 11.8. The van der Waals surface area contributed by atoms with Gasteiger partial charge in [-0.25, -0.2) is 0 Å². The van der Waals surface area contributed by atoms with Crippen molar-refractivity contribution >= 4 is 5.91 Å². The zero-order chi connectivity index (χ0) is 9.42. The summed E-state index contributed by atoms with van der Waals surface area (Å²) in [6.07, 6.45) is 4.71. The predicted molar refractivity (Wildman–Crippen MR) is 52.3 cm³/mol. The van der Waals surface area contributed by atoms with Gasteiger partial charge in [-0.1, -0.05) is 13.8 Å². The van der Waals surface area contributed by atoms with Crippen molar-refractivity contribution in [1.82, 2.24) is 4.90 Å². The molecule has 0 aromatic carbocycles. The minimum atomic E-state index is 0.402. The molecule has 1 atom stereocenters. The number of amides is 1. The fraction of sp³-hybridized carbons (Fsp3) is 0.909. The van der Waals surface area contributed by atoms with Crippen LogP contribution in [0, 0.1) is 11.8 Å². The molecule has 0 aromatic rings. The fourth-order valence-electron chi connectivity index (χ4n) is 2.32. The van der Waals surface area contributed by atoms with Gasteiger partial charge >= 0.3 is 0 Å². The van der Waals surface area contributed by atoms with Gasteiger partial charge in [0.05, 0.1) is 0 Å². The molecular formula is C11H19NO. The third kappa shape index (κ3) is 1.72. The maximum atomic E-state index is 11.8. The van der Waals surface area contributed by atoms with Crippen LogP contribution in [-0.4, -0.2) is 23.4 Å². The van der Waals surface area contributed by atoms with Crippen LogP contribution in [0.3, 0.4) is 0 Å². The van der Waals surface area contributed by atoms with Crippen molar-refractivity contribution in [3.05, 3.63) is 0 Å². The SMILES string of the molecule is CC(C)C1CCCN1C(=O)C1CC1. The Morgan fingerprint density at radius 1 is 1.31 bits per heavy atom. The molecule has 2 fully saturated rings. The average Bonchev–Trinajstić information content (AvgIpc) is 2.80. The molecule has 1 saturated heterocycles. The standard InChI is InChI=1S/C11H19NO/c1-8(2)10-4-3-7-12(10)11(13)9-5-6-9/h8-10H,3-7H2,1-2H3. The Labute approximate surface area is 80.3 Å². The number of hydrogen-bond acceptors (Lipinski definition) is 1. The molecule has 0 spiro atoms. The molecule has 0 bridgehead atoms. The number of likely N-dealkylation sites (tertiary alicyclic amines) is 1. The molecule has 1 amide bonds. The number of hydrogen-bond donors (Lipinski definition) is 0. The Morgan fingerprint density at radius 3 is 2.54 bits per heavy atom. The second-order valence-electron chi connectivity index (χ2n) is 4.76. The van der Waals surface area contributed by atoms with Gasteiger partial charge in [0.15, 0.2) is 0 Å². The van der Waals surface area contributed by atoms with E-state index in [9.17, 15) is 4.79 Å². The summed E-state index contributed by atoms with van der Waals surface area (Å²) in [5.74, 6) is 1.47. The number of nitrogens with zero attached hydrogens (tertiary/aromatic N) is 1. The van der Waals surface area contributed by atoms with Gasteiger partial charge in [0, 0.05) is 18.5 Å². The average molecular weight is 181 g/mol. The second-order valence-corrected chi connectivity index (χ2v) is 4.76. The monoisotopic (exact) mass is 181 g/mol. The smallest absolute Gasteiger partial charge is 0.225 e. The zero-order valence-corrected chi connectivity index (χ0v) is 8.62. The van der Waals surface area contributed by atoms with E-state index < -0.39 is 0 Å². The molecule has 2 heteroatoms. The Hall–Kier alpha value is -0.530. The van der Waals surface area contributed by atoms with Crippen molar-refractivity contribution in [1.29, 1.82) is 0 Å². The van der Waals surface area contributed by atoms with Crippen molar-refractivity contribution in [3.63, 3.8) is 0 Å². The van der Waals surface area contributed by atoms with Crippen molar-refractivity contribution in [2.24, 2.45) is 11.8 Å². The Kier molecular flexibility index (Phi) is 2.31. The van der Waals surface area contributed by atoms with Crippen LogP contribution in [0.15, 0.2) is 0 Å². The first-order chi connectivity index (χ1) is 6.20. The first-order valence-corrected chi connectivity index (χ1v) is 5.50. The molecule has 0 aromatic heterocycles. The van der Waals surface area contributed by atoms with E-state index in [4.69, 9.17) is 0 Å². The van der Waals surface area contributed by atoms with E-state index in [1.54, 1.807) is 0 Å². The van der Waals surface area contributed by atoms with Crippen molar-refractivity contribution in [2.75, 3.05) is 6.54 Å². The number of carbonyl (C=O) groups excluding carboxylic acids is 1. The lowest BCUT2D eigenvalue weighted by molar-refractivity contribution is -0.134. The molecule has 1 heterocycles.